The number of nitrogens with one attached hydrogen (secondary N) is 1. The molecule has 1 aliphatic rings. The van der Waals surface area contributed by atoms with Crippen molar-refractivity contribution in [3.63, 3.8) is 0 Å². The molecule has 2 heterocycles. The predicted molar refractivity (Wildman–Crippen MR) is 97.3 cm³/mol. The fraction of sp³-hybridized carbons (Fsp3) is 0.350. The summed E-state index contributed by atoms with van der Waals surface area (Å²) in [6.07, 6.45) is 5.75. The van der Waals surface area contributed by atoms with Gasteiger partial charge in [-0.05, 0) is 44.2 Å². The maximum Gasteiger partial charge on any atom is 0.253 e. The minimum atomic E-state index is -0.0764. The summed E-state index contributed by atoms with van der Waals surface area (Å²) < 4.78 is 1.87. The molecule has 1 amide bonds. The van der Waals surface area contributed by atoms with E-state index >= 15 is 0 Å². The van der Waals surface area contributed by atoms with Crippen molar-refractivity contribution in [3.05, 3.63) is 59.9 Å². The van der Waals surface area contributed by atoms with E-state index < -0.39 is 0 Å². The molecule has 5 nitrogen and oxygen atoms in total. The Morgan fingerprint density at radius 3 is 2.64 bits per heavy atom. The van der Waals surface area contributed by atoms with E-state index in [1.807, 2.05) is 28.9 Å². The maximum atomic E-state index is 12.8. The number of carbonyl (C=O) groups is 1. The number of amides is 1. The van der Waals surface area contributed by atoms with Crippen LogP contribution in [0.2, 0.25) is 0 Å². The first kappa shape index (κ1) is 15.8. The lowest BCUT2D eigenvalue weighted by molar-refractivity contribution is 0.0931. The van der Waals surface area contributed by atoms with Gasteiger partial charge in [0.2, 0.25) is 0 Å². The second-order valence-electron chi connectivity index (χ2n) is 7.02. The number of fused-ring (bicyclic) bond motifs is 1. The molecule has 2 aromatic heterocycles. The van der Waals surface area contributed by atoms with Gasteiger partial charge in [-0.15, -0.1) is 0 Å². The normalized spacial score (nSPS) is 15.5. The lowest BCUT2D eigenvalue weighted by atomic mass is 10.0. The molecular weight excluding hydrogens is 312 g/mol. The van der Waals surface area contributed by atoms with Crippen LogP contribution >= 0.6 is 0 Å². The quantitative estimate of drug-likeness (QED) is 0.770. The molecule has 0 bridgehead atoms. The van der Waals surface area contributed by atoms with E-state index in [-0.39, 0.29) is 18.0 Å². The number of aromatic nitrogens is 3. The fourth-order valence-electron chi connectivity index (χ4n) is 3.23. The molecular formula is C20H22N4O. The highest BCUT2D eigenvalue weighted by Gasteiger charge is 2.33. The Kier molecular flexibility index (Phi) is 3.99. The summed E-state index contributed by atoms with van der Waals surface area (Å²) in [7, 11) is 0. The summed E-state index contributed by atoms with van der Waals surface area (Å²) in [5, 5.41) is 8.46. The van der Waals surface area contributed by atoms with Crippen molar-refractivity contribution >= 4 is 16.9 Å². The third kappa shape index (κ3) is 3.14. The molecule has 1 saturated carbocycles. The van der Waals surface area contributed by atoms with E-state index in [9.17, 15) is 4.79 Å². The zero-order valence-corrected chi connectivity index (χ0v) is 14.5. The van der Waals surface area contributed by atoms with E-state index in [1.165, 1.54) is 5.56 Å². The third-order valence-electron chi connectivity index (χ3n) is 4.72. The van der Waals surface area contributed by atoms with Gasteiger partial charge in [0.15, 0.2) is 5.65 Å². The number of carbonyl (C=O) groups excluding carboxylic acids is 1. The van der Waals surface area contributed by atoms with Crippen LogP contribution < -0.4 is 5.32 Å². The van der Waals surface area contributed by atoms with Gasteiger partial charge in [-0.25, -0.2) is 9.67 Å². The molecule has 0 unspecified atom stereocenters. The summed E-state index contributed by atoms with van der Waals surface area (Å²) in [5.41, 5.74) is 2.56. The Labute approximate surface area is 147 Å². The Morgan fingerprint density at radius 2 is 1.96 bits per heavy atom. The van der Waals surface area contributed by atoms with Gasteiger partial charge in [-0.1, -0.05) is 30.3 Å². The highest BCUT2D eigenvalue weighted by atomic mass is 16.1. The first-order valence-electron chi connectivity index (χ1n) is 8.82. The van der Waals surface area contributed by atoms with Gasteiger partial charge in [0.1, 0.15) is 0 Å². The van der Waals surface area contributed by atoms with Crippen molar-refractivity contribution in [3.8, 4) is 0 Å². The van der Waals surface area contributed by atoms with Crippen LogP contribution in [0.15, 0.2) is 48.8 Å². The number of benzene rings is 1. The minimum absolute atomic E-state index is 0.0720. The summed E-state index contributed by atoms with van der Waals surface area (Å²) in [6, 6.07) is 12.4. The van der Waals surface area contributed by atoms with E-state index in [1.54, 1.807) is 12.4 Å². The minimum Gasteiger partial charge on any atom is -0.345 e. The van der Waals surface area contributed by atoms with Gasteiger partial charge in [0.05, 0.1) is 17.8 Å². The van der Waals surface area contributed by atoms with Crippen molar-refractivity contribution in [1.82, 2.24) is 20.1 Å². The molecule has 1 atom stereocenters. The van der Waals surface area contributed by atoms with E-state index in [0.717, 1.165) is 23.9 Å². The van der Waals surface area contributed by atoms with Crippen LogP contribution in [0.25, 0.3) is 11.0 Å². The molecule has 25 heavy (non-hydrogen) atoms. The number of rotatable bonds is 5. The van der Waals surface area contributed by atoms with Crippen molar-refractivity contribution in [2.75, 3.05) is 0 Å². The lowest BCUT2D eigenvalue weighted by Gasteiger charge is -2.18. The third-order valence-corrected chi connectivity index (χ3v) is 4.72. The molecule has 1 aromatic carbocycles. The average molecular weight is 334 g/mol. The van der Waals surface area contributed by atoms with Crippen LogP contribution in [-0.4, -0.2) is 20.7 Å². The topological polar surface area (TPSA) is 59.8 Å². The summed E-state index contributed by atoms with van der Waals surface area (Å²) >= 11 is 0. The van der Waals surface area contributed by atoms with Crippen LogP contribution in [0.4, 0.5) is 0 Å². The van der Waals surface area contributed by atoms with Gasteiger partial charge >= 0.3 is 0 Å². The molecule has 128 valence electrons. The van der Waals surface area contributed by atoms with Gasteiger partial charge in [0.25, 0.3) is 5.91 Å². The standard InChI is InChI=1S/C20H22N4O/c1-13(2)24-19-16(12-22-24)10-17(11-21-19)20(25)23-18(15-8-9-15)14-6-4-3-5-7-14/h3-7,10-13,15,18H,8-9H2,1-2H3,(H,23,25)/t18-/m1/s1. The number of hydrogen-bond acceptors (Lipinski definition) is 3. The number of hydrogen-bond donors (Lipinski definition) is 1. The second kappa shape index (κ2) is 6.31. The molecule has 0 radical (unpaired) electrons. The van der Waals surface area contributed by atoms with Crippen LogP contribution in [0.1, 0.15) is 54.7 Å². The molecule has 0 aliphatic heterocycles. The van der Waals surface area contributed by atoms with E-state index in [0.29, 0.717) is 11.5 Å². The molecule has 0 saturated heterocycles. The Bertz CT molecular complexity index is 896. The van der Waals surface area contributed by atoms with Crippen molar-refractivity contribution < 1.29 is 4.79 Å². The Balaban J connectivity index is 1.59. The summed E-state index contributed by atoms with van der Waals surface area (Å²) in [5.74, 6) is 0.458. The first-order chi connectivity index (χ1) is 12.1. The van der Waals surface area contributed by atoms with Crippen LogP contribution in [-0.2, 0) is 0 Å². The highest BCUT2D eigenvalue weighted by Crippen LogP contribution is 2.41. The second-order valence-corrected chi connectivity index (χ2v) is 7.02. The van der Waals surface area contributed by atoms with Crippen LogP contribution in [0.5, 0.6) is 0 Å². The smallest absolute Gasteiger partial charge is 0.253 e. The molecule has 1 aliphatic carbocycles. The maximum absolute atomic E-state index is 12.8. The molecule has 0 spiro atoms. The highest BCUT2D eigenvalue weighted by molar-refractivity contribution is 5.97. The Hall–Kier alpha value is -2.69. The average Bonchev–Trinajstić information content (AvgIpc) is 3.37. The number of nitrogens with zero attached hydrogens (tertiary/aromatic N) is 3. The number of pyridine rings is 1. The van der Waals surface area contributed by atoms with E-state index in [2.05, 4.69) is 41.4 Å². The SMILES string of the molecule is CC(C)n1ncc2cc(C(=O)N[C@H](c3ccccc3)C3CC3)cnc21. The monoisotopic (exact) mass is 334 g/mol. The predicted octanol–water partition coefficient (Wildman–Crippen LogP) is 3.89. The van der Waals surface area contributed by atoms with Gasteiger partial charge in [-0.3, -0.25) is 4.79 Å². The molecule has 3 aromatic rings. The largest absolute Gasteiger partial charge is 0.345 e. The zero-order valence-electron chi connectivity index (χ0n) is 14.5. The zero-order chi connectivity index (χ0) is 17.4. The van der Waals surface area contributed by atoms with Gasteiger partial charge in [-0.2, -0.15) is 5.10 Å². The fourth-order valence-corrected chi connectivity index (χ4v) is 3.23. The lowest BCUT2D eigenvalue weighted by Crippen LogP contribution is -2.30. The summed E-state index contributed by atoms with van der Waals surface area (Å²) in [6.45, 7) is 4.13. The molecule has 4 rings (SSSR count). The van der Waals surface area contributed by atoms with E-state index in [4.69, 9.17) is 0 Å². The van der Waals surface area contributed by atoms with Gasteiger partial charge < -0.3 is 5.32 Å². The molecule has 5 heteroatoms. The van der Waals surface area contributed by atoms with Crippen molar-refractivity contribution in [2.24, 2.45) is 5.92 Å². The first-order valence-corrected chi connectivity index (χ1v) is 8.82. The molecule has 1 N–H and O–H groups in total. The van der Waals surface area contributed by atoms with Crippen molar-refractivity contribution in [2.45, 2.75) is 38.8 Å². The molecule has 1 fully saturated rings. The van der Waals surface area contributed by atoms with Crippen LogP contribution in [0, 0.1) is 5.92 Å². The van der Waals surface area contributed by atoms with Crippen molar-refractivity contribution in [1.29, 1.82) is 0 Å². The Morgan fingerprint density at radius 1 is 1.20 bits per heavy atom. The van der Waals surface area contributed by atoms with Crippen LogP contribution in [0.3, 0.4) is 0 Å². The van der Waals surface area contributed by atoms with Gasteiger partial charge in [0, 0.05) is 17.6 Å². The summed E-state index contributed by atoms with van der Waals surface area (Å²) in [4.78, 5) is 17.2.